The second-order valence-corrected chi connectivity index (χ2v) is 7.57. The minimum atomic E-state index is 0.607. The number of aromatic nitrogens is 2. The molecule has 22 heavy (non-hydrogen) atoms. The molecule has 2 aromatic rings. The maximum absolute atomic E-state index is 4.28. The molecule has 1 saturated carbocycles. The minimum absolute atomic E-state index is 0.607. The van der Waals surface area contributed by atoms with Crippen LogP contribution in [0.5, 0.6) is 0 Å². The number of likely N-dealkylation sites (tertiary alicyclic amines) is 1. The second-order valence-electron chi connectivity index (χ2n) is 6.53. The summed E-state index contributed by atoms with van der Waals surface area (Å²) in [6.45, 7) is 3.59. The van der Waals surface area contributed by atoms with E-state index in [1.165, 1.54) is 30.8 Å². The maximum atomic E-state index is 4.28. The first-order valence-electron chi connectivity index (χ1n) is 8.06. The summed E-state index contributed by atoms with van der Waals surface area (Å²) in [4.78, 5) is 6.48. The van der Waals surface area contributed by atoms with E-state index in [1.54, 1.807) is 6.20 Å². The first-order chi connectivity index (χ1) is 10.8. The van der Waals surface area contributed by atoms with Gasteiger partial charge in [-0.3, -0.25) is 4.90 Å². The van der Waals surface area contributed by atoms with Crippen LogP contribution in [0, 0.1) is 11.8 Å². The Morgan fingerprint density at radius 1 is 1.27 bits per heavy atom. The molecule has 2 aromatic heterocycles. The van der Waals surface area contributed by atoms with Gasteiger partial charge in [0.1, 0.15) is 0 Å². The third-order valence-electron chi connectivity index (χ3n) is 5.27. The Morgan fingerprint density at radius 2 is 2.23 bits per heavy atom. The Bertz CT molecular complexity index is 600. The van der Waals surface area contributed by atoms with Gasteiger partial charge in [-0.1, -0.05) is 6.07 Å². The highest BCUT2D eigenvalue weighted by Gasteiger charge is 2.44. The van der Waals surface area contributed by atoms with Crippen LogP contribution in [0.25, 0.3) is 0 Å². The molecular weight excluding hydrogens is 292 g/mol. The number of rotatable bonds is 4. The van der Waals surface area contributed by atoms with Crippen LogP contribution in [0.4, 0.5) is 5.82 Å². The van der Waals surface area contributed by atoms with Crippen molar-refractivity contribution in [2.75, 3.05) is 25.0 Å². The summed E-state index contributed by atoms with van der Waals surface area (Å²) < 4.78 is 0. The third kappa shape index (κ3) is 2.63. The van der Waals surface area contributed by atoms with Crippen LogP contribution in [0.1, 0.15) is 17.7 Å². The molecular formula is C17H22N4S. The predicted octanol–water partition coefficient (Wildman–Crippen LogP) is 2.88. The molecule has 4 nitrogen and oxygen atoms in total. The van der Waals surface area contributed by atoms with Gasteiger partial charge in [-0.2, -0.15) is 5.10 Å². The fourth-order valence-corrected chi connectivity index (χ4v) is 4.96. The molecule has 5 heteroatoms. The van der Waals surface area contributed by atoms with E-state index in [0.717, 1.165) is 24.2 Å². The lowest BCUT2D eigenvalue weighted by Crippen LogP contribution is -2.38. The highest BCUT2D eigenvalue weighted by molar-refractivity contribution is 7.09. The summed E-state index contributed by atoms with van der Waals surface area (Å²) in [5, 5.41) is 10.5. The van der Waals surface area contributed by atoms with Crippen LogP contribution in [0.2, 0.25) is 0 Å². The predicted molar refractivity (Wildman–Crippen MR) is 90.0 cm³/mol. The molecule has 0 aromatic carbocycles. The van der Waals surface area contributed by atoms with Crippen molar-refractivity contribution in [3.05, 3.63) is 40.7 Å². The minimum Gasteiger partial charge on any atom is -0.355 e. The van der Waals surface area contributed by atoms with Crippen molar-refractivity contribution >= 4 is 17.2 Å². The van der Waals surface area contributed by atoms with E-state index in [2.05, 4.69) is 50.6 Å². The van der Waals surface area contributed by atoms with Crippen LogP contribution < -0.4 is 4.90 Å². The van der Waals surface area contributed by atoms with E-state index < -0.39 is 0 Å². The molecule has 2 fully saturated rings. The van der Waals surface area contributed by atoms with E-state index in [1.807, 2.05) is 17.4 Å². The average molecular weight is 314 g/mol. The molecule has 1 saturated heterocycles. The number of fused-ring (bicyclic) bond motifs is 1. The topological polar surface area (TPSA) is 32.3 Å². The largest absolute Gasteiger partial charge is 0.355 e. The fourth-order valence-electron chi connectivity index (χ4n) is 4.21. The van der Waals surface area contributed by atoms with Gasteiger partial charge in [0.05, 0.1) is 0 Å². The number of hydrogen-bond acceptors (Lipinski definition) is 5. The zero-order valence-electron chi connectivity index (χ0n) is 12.9. The van der Waals surface area contributed by atoms with Crippen molar-refractivity contribution < 1.29 is 0 Å². The van der Waals surface area contributed by atoms with E-state index in [0.29, 0.717) is 6.04 Å². The van der Waals surface area contributed by atoms with Crippen LogP contribution in [-0.2, 0) is 6.54 Å². The number of anilines is 1. The second kappa shape index (κ2) is 5.97. The average Bonchev–Trinajstić information content (AvgIpc) is 3.25. The van der Waals surface area contributed by atoms with Crippen LogP contribution in [0.15, 0.2) is 35.8 Å². The quantitative estimate of drug-likeness (QED) is 0.868. The molecule has 0 spiro atoms. The van der Waals surface area contributed by atoms with Gasteiger partial charge in [-0.05, 0) is 48.3 Å². The first-order valence-corrected chi connectivity index (χ1v) is 8.94. The summed E-state index contributed by atoms with van der Waals surface area (Å²) >= 11 is 1.87. The van der Waals surface area contributed by atoms with E-state index in [4.69, 9.17) is 0 Å². The highest BCUT2D eigenvalue weighted by atomic mass is 32.1. The van der Waals surface area contributed by atoms with Gasteiger partial charge >= 0.3 is 0 Å². The van der Waals surface area contributed by atoms with Crippen molar-refractivity contribution in [1.82, 2.24) is 15.1 Å². The maximum Gasteiger partial charge on any atom is 0.151 e. The Hall–Kier alpha value is -1.46. The molecule has 116 valence electrons. The number of hydrogen-bond donors (Lipinski definition) is 0. The summed E-state index contributed by atoms with van der Waals surface area (Å²) in [6, 6.07) is 9.06. The smallest absolute Gasteiger partial charge is 0.151 e. The molecule has 3 heterocycles. The van der Waals surface area contributed by atoms with Crippen LogP contribution in [0.3, 0.4) is 0 Å². The zero-order chi connectivity index (χ0) is 14.9. The molecule has 3 atom stereocenters. The third-order valence-corrected chi connectivity index (χ3v) is 6.13. The molecule has 0 N–H and O–H groups in total. The normalized spacial score (nSPS) is 28.0. The number of nitrogens with zero attached hydrogens (tertiary/aromatic N) is 4. The van der Waals surface area contributed by atoms with Crippen LogP contribution >= 0.6 is 11.3 Å². The summed E-state index contributed by atoms with van der Waals surface area (Å²) in [5.41, 5.74) is 0. The van der Waals surface area contributed by atoms with Crippen LogP contribution in [-0.4, -0.2) is 41.3 Å². The summed E-state index contributed by atoms with van der Waals surface area (Å²) in [6.07, 6.45) is 4.38. The summed E-state index contributed by atoms with van der Waals surface area (Å²) in [7, 11) is 2.18. The van der Waals surface area contributed by atoms with Gasteiger partial charge in [0.25, 0.3) is 0 Å². The molecule has 0 amide bonds. The van der Waals surface area contributed by atoms with E-state index >= 15 is 0 Å². The van der Waals surface area contributed by atoms with Gasteiger partial charge in [0, 0.05) is 43.8 Å². The molecule has 0 unspecified atom stereocenters. The van der Waals surface area contributed by atoms with Gasteiger partial charge in [0.15, 0.2) is 5.82 Å². The first kappa shape index (κ1) is 14.2. The fraction of sp³-hybridized carbons (Fsp3) is 0.529. The lowest BCUT2D eigenvalue weighted by Gasteiger charge is -2.30. The monoisotopic (exact) mass is 314 g/mol. The SMILES string of the molecule is CN(c1cccnn1)[C@@H]1CC[C@@H]2CN(Cc3cccs3)C[C@@H]21. The van der Waals surface area contributed by atoms with Gasteiger partial charge in [-0.25, -0.2) is 0 Å². The van der Waals surface area contributed by atoms with E-state index in [9.17, 15) is 0 Å². The lowest BCUT2D eigenvalue weighted by atomic mass is 9.97. The van der Waals surface area contributed by atoms with Gasteiger partial charge in [-0.15, -0.1) is 16.4 Å². The highest BCUT2D eigenvalue weighted by Crippen LogP contribution is 2.41. The Morgan fingerprint density at radius 3 is 3.00 bits per heavy atom. The van der Waals surface area contributed by atoms with Crippen molar-refractivity contribution in [3.8, 4) is 0 Å². The van der Waals surface area contributed by atoms with Crippen molar-refractivity contribution in [1.29, 1.82) is 0 Å². The lowest BCUT2D eigenvalue weighted by molar-refractivity contribution is 0.299. The van der Waals surface area contributed by atoms with Gasteiger partial charge < -0.3 is 4.90 Å². The van der Waals surface area contributed by atoms with Gasteiger partial charge in [0.2, 0.25) is 0 Å². The Balaban J connectivity index is 1.44. The zero-order valence-corrected chi connectivity index (χ0v) is 13.7. The molecule has 0 radical (unpaired) electrons. The molecule has 2 aliphatic rings. The Labute approximate surface area is 135 Å². The standard InChI is InChI=1S/C17H22N4S/c1-20(17-5-2-8-18-19-17)16-7-6-13-10-21(12-15(13)16)11-14-4-3-9-22-14/h2-5,8-9,13,15-16H,6-7,10-12H2,1H3/t13-,15+,16-/m1/s1. The molecule has 4 rings (SSSR count). The molecule has 0 bridgehead atoms. The van der Waals surface area contributed by atoms with Crippen molar-refractivity contribution in [2.24, 2.45) is 11.8 Å². The van der Waals surface area contributed by atoms with E-state index in [-0.39, 0.29) is 0 Å². The number of thiophene rings is 1. The summed E-state index contributed by atoms with van der Waals surface area (Å²) in [5.74, 6) is 2.63. The van der Waals surface area contributed by atoms with Crippen molar-refractivity contribution in [2.45, 2.75) is 25.4 Å². The van der Waals surface area contributed by atoms with Crippen molar-refractivity contribution in [3.63, 3.8) is 0 Å². The molecule has 1 aliphatic carbocycles. The Kier molecular flexibility index (Phi) is 3.84. The molecule has 1 aliphatic heterocycles.